The molecule has 1 heterocycles. The summed E-state index contributed by atoms with van der Waals surface area (Å²) in [6, 6.07) is 0. The van der Waals surface area contributed by atoms with Gasteiger partial charge in [0.2, 0.25) is 11.8 Å². The van der Waals surface area contributed by atoms with Crippen molar-refractivity contribution >= 4 is 11.8 Å². The third-order valence-electron chi connectivity index (χ3n) is 4.08. The first-order chi connectivity index (χ1) is 8.59. The molecule has 0 aliphatic carbocycles. The van der Waals surface area contributed by atoms with Gasteiger partial charge in [-0.3, -0.25) is 9.59 Å². The summed E-state index contributed by atoms with van der Waals surface area (Å²) in [7, 11) is 0. The summed E-state index contributed by atoms with van der Waals surface area (Å²) in [6.45, 7) is 5.97. The Labute approximate surface area is 109 Å². The fourth-order valence-corrected chi connectivity index (χ4v) is 2.37. The van der Waals surface area contributed by atoms with Gasteiger partial charge in [0.1, 0.15) is 0 Å². The van der Waals surface area contributed by atoms with E-state index in [2.05, 4.69) is 5.32 Å². The van der Waals surface area contributed by atoms with Crippen molar-refractivity contribution in [3.8, 4) is 0 Å². The molecule has 1 fully saturated rings. The van der Waals surface area contributed by atoms with E-state index in [0.29, 0.717) is 19.4 Å². The van der Waals surface area contributed by atoms with E-state index in [0.717, 1.165) is 25.9 Å². The molecule has 5 nitrogen and oxygen atoms in total. The van der Waals surface area contributed by atoms with Crippen molar-refractivity contribution in [1.82, 2.24) is 10.2 Å². The van der Waals surface area contributed by atoms with Gasteiger partial charge in [-0.05, 0) is 25.7 Å². The first kappa shape index (κ1) is 15.0. The van der Waals surface area contributed by atoms with Crippen LogP contribution in [0.5, 0.6) is 0 Å². The Balaban J connectivity index is 2.46. The molecule has 0 saturated carbocycles. The van der Waals surface area contributed by atoms with Gasteiger partial charge in [0.05, 0.1) is 12.0 Å². The molecule has 18 heavy (non-hydrogen) atoms. The number of amides is 2. The van der Waals surface area contributed by atoms with Crippen molar-refractivity contribution in [2.24, 2.45) is 11.1 Å². The molecule has 0 bridgehead atoms. The predicted molar refractivity (Wildman–Crippen MR) is 70.9 cm³/mol. The Morgan fingerprint density at radius 1 is 1.22 bits per heavy atom. The molecule has 0 unspecified atom stereocenters. The lowest BCUT2D eigenvalue weighted by molar-refractivity contribution is -0.136. The van der Waals surface area contributed by atoms with Gasteiger partial charge in [-0.15, -0.1) is 0 Å². The molecule has 0 aromatic rings. The lowest BCUT2D eigenvalue weighted by Gasteiger charge is -2.28. The smallest absolute Gasteiger partial charge is 0.241 e. The molecule has 1 aliphatic rings. The van der Waals surface area contributed by atoms with Crippen molar-refractivity contribution in [3.63, 3.8) is 0 Å². The van der Waals surface area contributed by atoms with Crippen LogP contribution in [0.15, 0.2) is 0 Å². The highest BCUT2D eigenvalue weighted by Gasteiger charge is 2.33. The zero-order chi connectivity index (χ0) is 13.6. The maximum absolute atomic E-state index is 12.1. The van der Waals surface area contributed by atoms with E-state index in [4.69, 9.17) is 5.73 Å². The number of nitrogens with one attached hydrogen (secondary N) is 1. The molecule has 0 spiro atoms. The predicted octanol–water partition coefficient (Wildman–Crippen LogP) is 0.490. The largest absolute Gasteiger partial charge is 0.347 e. The molecule has 0 atom stereocenters. The lowest BCUT2D eigenvalue weighted by Crippen LogP contribution is -2.48. The van der Waals surface area contributed by atoms with Crippen LogP contribution in [-0.4, -0.2) is 42.9 Å². The van der Waals surface area contributed by atoms with Gasteiger partial charge in [0, 0.05) is 19.6 Å². The minimum absolute atomic E-state index is 0.0129. The van der Waals surface area contributed by atoms with Crippen molar-refractivity contribution in [2.75, 3.05) is 26.2 Å². The van der Waals surface area contributed by atoms with Gasteiger partial charge in [-0.1, -0.05) is 13.8 Å². The zero-order valence-corrected chi connectivity index (χ0v) is 11.5. The number of hydrogen-bond donors (Lipinski definition) is 2. The molecule has 3 N–H and O–H groups in total. The monoisotopic (exact) mass is 255 g/mol. The molecular weight excluding hydrogens is 230 g/mol. The zero-order valence-electron chi connectivity index (χ0n) is 11.5. The van der Waals surface area contributed by atoms with Crippen LogP contribution in [0.25, 0.3) is 0 Å². The highest BCUT2D eigenvalue weighted by molar-refractivity contribution is 5.88. The number of hydrogen-bond acceptors (Lipinski definition) is 3. The normalized spacial score (nSPS) is 15.8. The summed E-state index contributed by atoms with van der Waals surface area (Å²) in [5.74, 6) is -0.0819. The van der Waals surface area contributed by atoms with Crippen LogP contribution in [0.4, 0.5) is 0 Å². The molecule has 0 aromatic carbocycles. The van der Waals surface area contributed by atoms with Crippen LogP contribution in [0, 0.1) is 5.41 Å². The fourth-order valence-electron chi connectivity index (χ4n) is 2.37. The maximum Gasteiger partial charge on any atom is 0.241 e. The van der Waals surface area contributed by atoms with Crippen molar-refractivity contribution in [1.29, 1.82) is 0 Å². The Bertz CT molecular complexity index is 286. The summed E-state index contributed by atoms with van der Waals surface area (Å²) >= 11 is 0. The Morgan fingerprint density at radius 2 is 1.78 bits per heavy atom. The average molecular weight is 255 g/mol. The van der Waals surface area contributed by atoms with E-state index in [1.807, 2.05) is 18.7 Å². The van der Waals surface area contributed by atoms with Crippen molar-refractivity contribution < 1.29 is 9.59 Å². The third kappa shape index (κ3) is 3.22. The molecule has 104 valence electrons. The number of nitrogens with zero attached hydrogens (tertiary/aromatic N) is 1. The summed E-state index contributed by atoms with van der Waals surface area (Å²) in [5.41, 5.74) is 5.18. The summed E-state index contributed by atoms with van der Waals surface area (Å²) < 4.78 is 0. The summed E-state index contributed by atoms with van der Waals surface area (Å²) in [5, 5.41) is 2.74. The fraction of sp³-hybridized carbons (Fsp3) is 0.846. The number of carbonyl (C=O) groups excluding carboxylic acids is 2. The molecule has 1 aliphatic heterocycles. The summed E-state index contributed by atoms with van der Waals surface area (Å²) in [6.07, 6.45) is 3.53. The van der Waals surface area contributed by atoms with Crippen LogP contribution >= 0.6 is 0 Å². The van der Waals surface area contributed by atoms with Crippen LogP contribution in [-0.2, 0) is 9.59 Å². The van der Waals surface area contributed by atoms with Crippen LogP contribution in [0.3, 0.4) is 0 Å². The van der Waals surface area contributed by atoms with Gasteiger partial charge < -0.3 is 16.0 Å². The van der Waals surface area contributed by atoms with Crippen LogP contribution in [0.1, 0.15) is 39.5 Å². The topological polar surface area (TPSA) is 75.4 Å². The minimum atomic E-state index is -0.523. The van der Waals surface area contributed by atoms with Crippen LogP contribution in [0.2, 0.25) is 0 Å². The molecule has 1 saturated heterocycles. The minimum Gasteiger partial charge on any atom is -0.347 e. The van der Waals surface area contributed by atoms with E-state index in [-0.39, 0.29) is 18.4 Å². The Kier molecular flexibility index (Phi) is 5.59. The van der Waals surface area contributed by atoms with Crippen molar-refractivity contribution in [2.45, 2.75) is 39.5 Å². The molecule has 1 rings (SSSR count). The first-order valence-corrected chi connectivity index (χ1v) is 6.85. The number of carbonyl (C=O) groups is 2. The van der Waals surface area contributed by atoms with E-state index >= 15 is 0 Å². The second kappa shape index (κ2) is 6.73. The van der Waals surface area contributed by atoms with E-state index < -0.39 is 5.41 Å². The van der Waals surface area contributed by atoms with E-state index in [1.165, 1.54) is 0 Å². The lowest BCUT2D eigenvalue weighted by atomic mass is 9.81. The maximum atomic E-state index is 12.1. The number of likely N-dealkylation sites (tertiary alicyclic amines) is 1. The first-order valence-electron chi connectivity index (χ1n) is 6.85. The molecule has 5 heteroatoms. The third-order valence-corrected chi connectivity index (χ3v) is 4.08. The van der Waals surface area contributed by atoms with Crippen molar-refractivity contribution in [3.05, 3.63) is 0 Å². The van der Waals surface area contributed by atoms with Crippen LogP contribution < -0.4 is 11.1 Å². The SMILES string of the molecule is CCC(CC)(CN)C(=O)NCC(=O)N1CCCC1. The van der Waals surface area contributed by atoms with Gasteiger partial charge in [-0.2, -0.15) is 0 Å². The number of nitrogens with two attached hydrogens (primary N) is 1. The van der Waals surface area contributed by atoms with Gasteiger partial charge in [0.25, 0.3) is 0 Å². The van der Waals surface area contributed by atoms with Gasteiger partial charge in [-0.25, -0.2) is 0 Å². The molecule has 0 aromatic heterocycles. The molecule has 2 amide bonds. The average Bonchev–Trinajstić information content (AvgIpc) is 2.92. The second-order valence-corrected chi connectivity index (χ2v) is 4.96. The molecular formula is C13H25N3O2. The van der Waals surface area contributed by atoms with E-state index in [1.54, 1.807) is 0 Å². The molecule has 0 radical (unpaired) electrons. The quantitative estimate of drug-likeness (QED) is 0.725. The van der Waals surface area contributed by atoms with Gasteiger partial charge in [0.15, 0.2) is 0 Å². The Morgan fingerprint density at radius 3 is 2.22 bits per heavy atom. The standard InChI is InChI=1S/C13H25N3O2/c1-3-13(4-2,10-14)12(18)15-9-11(17)16-7-5-6-8-16/h3-10,14H2,1-2H3,(H,15,18). The number of rotatable bonds is 6. The highest BCUT2D eigenvalue weighted by atomic mass is 16.2. The van der Waals surface area contributed by atoms with Gasteiger partial charge >= 0.3 is 0 Å². The van der Waals surface area contributed by atoms with E-state index in [9.17, 15) is 9.59 Å². The summed E-state index contributed by atoms with van der Waals surface area (Å²) in [4.78, 5) is 25.7. The second-order valence-electron chi connectivity index (χ2n) is 4.96. The highest BCUT2D eigenvalue weighted by Crippen LogP contribution is 2.24. The Hall–Kier alpha value is -1.10.